The summed E-state index contributed by atoms with van der Waals surface area (Å²) in [4.78, 5) is 26.9. The molecule has 1 amide bonds. The van der Waals surface area contributed by atoms with E-state index in [4.69, 9.17) is 33.0 Å². The lowest BCUT2D eigenvalue weighted by Gasteiger charge is -2.37. The van der Waals surface area contributed by atoms with Crippen molar-refractivity contribution in [2.45, 2.75) is 25.8 Å². The number of carboxylic acids is 1. The fourth-order valence-electron chi connectivity index (χ4n) is 2.96. The number of rotatable bonds is 7. The predicted octanol–water partition coefficient (Wildman–Crippen LogP) is 2.77. The Morgan fingerprint density at radius 2 is 1.96 bits per heavy atom. The van der Waals surface area contributed by atoms with Gasteiger partial charge in [0.25, 0.3) is 5.91 Å². The number of piperidine rings is 1. The number of aliphatic carboxylic acids is 1. The van der Waals surface area contributed by atoms with Gasteiger partial charge in [-0.2, -0.15) is 0 Å². The Labute approximate surface area is 157 Å². The molecule has 0 aromatic heterocycles. The Kier molecular flexibility index (Phi) is 7.35. The van der Waals surface area contributed by atoms with E-state index in [0.717, 1.165) is 12.8 Å². The highest BCUT2D eigenvalue weighted by Crippen LogP contribution is 2.26. The third-order valence-electron chi connectivity index (χ3n) is 4.33. The molecule has 0 bridgehead atoms. The van der Waals surface area contributed by atoms with Crippen molar-refractivity contribution >= 4 is 35.1 Å². The molecule has 1 aromatic rings. The summed E-state index contributed by atoms with van der Waals surface area (Å²) < 4.78 is 5.48. The average Bonchev–Trinajstić information content (AvgIpc) is 2.60. The van der Waals surface area contributed by atoms with Gasteiger partial charge in [-0.05, 0) is 31.5 Å². The van der Waals surface area contributed by atoms with Crippen molar-refractivity contribution < 1.29 is 19.4 Å². The van der Waals surface area contributed by atoms with E-state index in [1.54, 1.807) is 23.1 Å². The van der Waals surface area contributed by atoms with Crippen molar-refractivity contribution in [2.75, 3.05) is 32.8 Å². The smallest absolute Gasteiger partial charge is 0.317 e. The highest BCUT2D eigenvalue weighted by atomic mass is 35.5. The van der Waals surface area contributed by atoms with Crippen molar-refractivity contribution in [3.8, 4) is 5.75 Å². The van der Waals surface area contributed by atoms with Crippen molar-refractivity contribution in [3.05, 3.63) is 28.2 Å². The molecule has 2 rings (SSSR count). The van der Waals surface area contributed by atoms with E-state index in [1.807, 2.05) is 11.8 Å². The lowest BCUT2D eigenvalue weighted by atomic mass is 10.0. The Morgan fingerprint density at radius 3 is 2.52 bits per heavy atom. The minimum Gasteiger partial charge on any atom is -0.484 e. The number of carbonyl (C=O) groups excluding carboxylic acids is 1. The third-order valence-corrected chi connectivity index (χ3v) is 5.07. The quantitative estimate of drug-likeness (QED) is 0.777. The zero-order valence-corrected chi connectivity index (χ0v) is 15.6. The number of amides is 1. The topological polar surface area (TPSA) is 70.1 Å². The van der Waals surface area contributed by atoms with Crippen LogP contribution in [0, 0.1) is 0 Å². The maximum absolute atomic E-state index is 12.3. The predicted molar refractivity (Wildman–Crippen MR) is 96.4 cm³/mol. The zero-order valence-electron chi connectivity index (χ0n) is 14.1. The normalized spacial score (nSPS) is 15.4. The molecule has 1 N–H and O–H groups in total. The number of carboxylic acid groups (broad SMARTS) is 1. The van der Waals surface area contributed by atoms with Crippen molar-refractivity contribution in [1.29, 1.82) is 0 Å². The van der Waals surface area contributed by atoms with Crippen LogP contribution in [0.25, 0.3) is 0 Å². The van der Waals surface area contributed by atoms with Gasteiger partial charge in [0.05, 0.1) is 16.6 Å². The minimum absolute atomic E-state index is 0.0373. The van der Waals surface area contributed by atoms with Crippen LogP contribution in [-0.2, 0) is 9.59 Å². The summed E-state index contributed by atoms with van der Waals surface area (Å²) in [6.45, 7) is 3.82. The number of likely N-dealkylation sites (tertiary alicyclic amines) is 1. The van der Waals surface area contributed by atoms with Crippen LogP contribution >= 0.6 is 23.2 Å². The van der Waals surface area contributed by atoms with E-state index in [1.165, 1.54) is 0 Å². The highest BCUT2D eigenvalue weighted by molar-refractivity contribution is 6.42. The molecule has 0 saturated carbocycles. The first-order valence-corrected chi connectivity index (χ1v) is 8.97. The molecular weight excluding hydrogens is 367 g/mol. The van der Waals surface area contributed by atoms with E-state index < -0.39 is 5.97 Å². The first-order valence-electron chi connectivity index (χ1n) is 8.22. The van der Waals surface area contributed by atoms with E-state index >= 15 is 0 Å². The maximum Gasteiger partial charge on any atom is 0.317 e. The summed E-state index contributed by atoms with van der Waals surface area (Å²) in [5.41, 5.74) is 0. The molecule has 8 heteroatoms. The second-order valence-corrected chi connectivity index (χ2v) is 6.75. The lowest BCUT2D eigenvalue weighted by Crippen LogP contribution is -2.49. The molecule has 0 atom stereocenters. The number of likely N-dealkylation sites (N-methyl/N-ethyl adjacent to an activating group) is 1. The van der Waals surface area contributed by atoms with Crippen LogP contribution in [-0.4, -0.2) is 65.6 Å². The largest absolute Gasteiger partial charge is 0.484 e. The van der Waals surface area contributed by atoms with Crippen LogP contribution in [0.3, 0.4) is 0 Å². The van der Waals surface area contributed by atoms with Gasteiger partial charge in [-0.1, -0.05) is 30.1 Å². The van der Waals surface area contributed by atoms with Gasteiger partial charge in [0, 0.05) is 25.2 Å². The van der Waals surface area contributed by atoms with Gasteiger partial charge in [-0.25, -0.2) is 0 Å². The second-order valence-electron chi connectivity index (χ2n) is 5.93. The van der Waals surface area contributed by atoms with Gasteiger partial charge in [-0.15, -0.1) is 0 Å². The minimum atomic E-state index is -0.824. The van der Waals surface area contributed by atoms with E-state index in [2.05, 4.69) is 0 Å². The van der Waals surface area contributed by atoms with Crippen LogP contribution in [0.4, 0.5) is 0 Å². The van der Waals surface area contributed by atoms with E-state index in [-0.39, 0.29) is 25.1 Å². The summed E-state index contributed by atoms with van der Waals surface area (Å²) in [6.07, 6.45) is 1.53. The molecule has 0 unspecified atom stereocenters. The zero-order chi connectivity index (χ0) is 18.4. The molecule has 1 aliphatic heterocycles. The van der Waals surface area contributed by atoms with Crippen LogP contribution in [0.15, 0.2) is 18.2 Å². The Hall–Kier alpha value is -1.50. The number of nitrogens with zero attached hydrogens (tertiary/aromatic N) is 2. The summed E-state index contributed by atoms with van der Waals surface area (Å²) in [6, 6.07) is 5.06. The number of hydrogen-bond donors (Lipinski definition) is 1. The molecule has 1 fully saturated rings. The summed E-state index contributed by atoms with van der Waals surface area (Å²) >= 11 is 11.8. The van der Waals surface area contributed by atoms with Gasteiger partial charge in [-0.3, -0.25) is 14.5 Å². The SMILES string of the molecule is CCN(CC(=O)O)C1CCN(C(=O)COc2ccc(Cl)c(Cl)c2)CC1. The molecule has 0 aliphatic carbocycles. The van der Waals surface area contributed by atoms with E-state index in [0.29, 0.717) is 35.4 Å². The Balaban J connectivity index is 1.80. The second kappa shape index (κ2) is 9.27. The molecule has 0 spiro atoms. The lowest BCUT2D eigenvalue weighted by molar-refractivity contribution is -0.140. The Bertz CT molecular complexity index is 619. The molecular formula is C17H22Cl2N2O4. The van der Waals surface area contributed by atoms with Crippen LogP contribution in [0.1, 0.15) is 19.8 Å². The van der Waals surface area contributed by atoms with Gasteiger partial charge in [0.2, 0.25) is 0 Å². The van der Waals surface area contributed by atoms with Crippen molar-refractivity contribution in [1.82, 2.24) is 9.80 Å². The molecule has 138 valence electrons. The average molecular weight is 389 g/mol. The number of benzene rings is 1. The van der Waals surface area contributed by atoms with E-state index in [9.17, 15) is 9.59 Å². The van der Waals surface area contributed by atoms with Gasteiger partial charge >= 0.3 is 5.97 Å². The molecule has 0 radical (unpaired) electrons. The number of carbonyl (C=O) groups is 2. The molecule has 1 saturated heterocycles. The first kappa shape index (κ1) is 19.8. The third kappa shape index (κ3) is 5.76. The number of hydrogen-bond acceptors (Lipinski definition) is 4. The van der Waals surface area contributed by atoms with Crippen LogP contribution in [0.2, 0.25) is 10.0 Å². The fourth-order valence-corrected chi connectivity index (χ4v) is 3.24. The van der Waals surface area contributed by atoms with Crippen molar-refractivity contribution in [2.24, 2.45) is 0 Å². The van der Waals surface area contributed by atoms with Gasteiger partial charge in [0.15, 0.2) is 6.61 Å². The van der Waals surface area contributed by atoms with Crippen LogP contribution < -0.4 is 4.74 Å². The summed E-state index contributed by atoms with van der Waals surface area (Å²) in [7, 11) is 0. The van der Waals surface area contributed by atoms with Gasteiger partial charge < -0.3 is 14.7 Å². The first-order chi connectivity index (χ1) is 11.9. The monoisotopic (exact) mass is 388 g/mol. The Morgan fingerprint density at radius 1 is 1.28 bits per heavy atom. The summed E-state index contributed by atoms with van der Waals surface area (Å²) in [5, 5.41) is 9.77. The van der Waals surface area contributed by atoms with Crippen molar-refractivity contribution in [3.63, 3.8) is 0 Å². The molecule has 25 heavy (non-hydrogen) atoms. The molecule has 1 heterocycles. The molecule has 6 nitrogen and oxygen atoms in total. The summed E-state index contributed by atoms with van der Waals surface area (Å²) in [5.74, 6) is -0.419. The highest BCUT2D eigenvalue weighted by Gasteiger charge is 2.27. The van der Waals surface area contributed by atoms with Gasteiger partial charge in [0.1, 0.15) is 5.75 Å². The number of halogens is 2. The fraction of sp³-hybridized carbons (Fsp3) is 0.529. The molecule has 1 aromatic carbocycles. The standard InChI is InChI=1S/C17H22Cl2N2O4/c1-2-20(10-17(23)24)12-5-7-21(8-6-12)16(22)11-25-13-3-4-14(18)15(19)9-13/h3-4,9,12H,2,5-8,10-11H2,1H3,(H,23,24). The molecule has 1 aliphatic rings. The maximum atomic E-state index is 12.3. The number of ether oxygens (including phenoxy) is 1. The van der Waals surface area contributed by atoms with Crippen LogP contribution in [0.5, 0.6) is 5.75 Å².